The number of aromatic nitrogens is 2. The van der Waals surface area contributed by atoms with E-state index in [1.165, 1.54) is 6.42 Å². The minimum Gasteiger partial charge on any atom is -0.474 e. The van der Waals surface area contributed by atoms with Crippen LogP contribution in [0.4, 0.5) is 5.95 Å². The fourth-order valence-corrected chi connectivity index (χ4v) is 2.37. The third-order valence-corrected chi connectivity index (χ3v) is 3.43. The molecule has 0 radical (unpaired) electrons. The van der Waals surface area contributed by atoms with Gasteiger partial charge >= 0.3 is 0 Å². The molecular formula is C22H38ClN5O. The Bertz CT molecular complexity index is 677. The van der Waals surface area contributed by atoms with Gasteiger partial charge in [0.05, 0.1) is 23.5 Å². The highest BCUT2D eigenvalue weighted by Crippen LogP contribution is 2.15. The van der Waals surface area contributed by atoms with Crippen molar-refractivity contribution in [2.45, 2.75) is 79.9 Å². The lowest BCUT2D eigenvalue weighted by molar-refractivity contribution is 0.0407. The van der Waals surface area contributed by atoms with E-state index in [9.17, 15) is 0 Å². The molecule has 1 aromatic heterocycles. The third kappa shape index (κ3) is 11.5. The Labute approximate surface area is 182 Å². The van der Waals surface area contributed by atoms with Crippen LogP contribution < -0.4 is 10.2 Å². The topological polar surface area (TPSA) is 62.6 Å². The van der Waals surface area contributed by atoms with E-state index in [1.807, 2.05) is 46.6 Å². The van der Waals surface area contributed by atoms with Crippen LogP contribution in [0.3, 0.4) is 0 Å². The van der Waals surface area contributed by atoms with Crippen LogP contribution in [-0.4, -0.2) is 34.5 Å². The molecule has 0 saturated heterocycles. The molecule has 29 heavy (non-hydrogen) atoms. The number of amidine groups is 1. The zero-order valence-corrected chi connectivity index (χ0v) is 20.3. The Morgan fingerprint density at radius 3 is 2.28 bits per heavy atom. The lowest BCUT2D eigenvalue weighted by Gasteiger charge is -2.29. The Morgan fingerprint density at radius 1 is 1.31 bits per heavy atom. The first-order valence-corrected chi connectivity index (χ1v) is 10.4. The first-order valence-electron chi connectivity index (χ1n) is 10.1. The lowest BCUT2D eigenvalue weighted by Crippen LogP contribution is -2.44. The van der Waals surface area contributed by atoms with Crippen LogP contribution in [0, 0.1) is 0 Å². The van der Waals surface area contributed by atoms with E-state index in [-0.39, 0.29) is 11.6 Å². The van der Waals surface area contributed by atoms with Gasteiger partial charge in [-0.25, -0.2) is 15.0 Å². The Kier molecular flexibility index (Phi) is 12.3. The second-order valence-electron chi connectivity index (χ2n) is 7.69. The average molecular weight is 424 g/mol. The van der Waals surface area contributed by atoms with Gasteiger partial charge in [0.1, 0.15) is 11.4 Å². The molecule has 1 unspecified atom stereocenters. The van der Waals surface area contributed by atoms with Gasteiger partial charge in [0, 0.05) is 12.7 Å². The summed E-state index contributed by atoms with van der Waals surface area (Å²) in [5.41, 5.74) is 0.587. The smallest absolute Gasteiger partial charge is 0.230 e. The molecule has 0 aromatic carbocycles. The SMILES string of the molecule is C=C(NC(C)C(=N/C(C)=C/CC)N(C)c1ncc(Cl)cn1)OC(C)(C)C.CCC. The molecule has 0 aliphatic heterocycles. The molecule has 1 aromatic rings. The second-order valence-corrected chi connectivity index (χ2v) is 8.13. The molecule has 164 valence electrons. The summed E-state index contributed by atoms with van der Waals surface area (Å²) in [5, 5.41) is 3.73. The van der Waals surface area contributed by atoms with Gasteiger partial charge in [-0.3, -0.25) is 4.90 Å². The molecule has 7 heteroatoms. The van der Waals surface area contributed by atoms with Gasteiger partial charge in [-0.05, 0) is 47.6 Å². The molecule has 0 amide bonds. The third-order valence-electron chi connectivity index (χ3n) is 3.23. The summed E-state index contributed by atoms with van der Waals surface area (Å²) < 4.78 is 5.77. The molecule has 6 nitrogen and oxygen atoms in total. The van der Waals surface area contributed by atoms with Crippen molar-refractivity contribution in [1.82, 2.24) is 15.3 Å². The zero-order valence-electron chi connectivity index (χ0n) is 19.5. The molecule has 0 fully saturated rings. The highest BCUT2D eigenvalue weighted by molar-refractivity contribution is 6.30. The maximum atomic E-state index is 5.89. The molecule has 0 bridgehead atoms. The number of nitrogens with zero attached hydrogens (tertiary/aromatic N) is 4. The first-order chi connectivity index (χ1) is 13.4. The number of hydrogen-bond donors (Lipinski definition) is 1. The monoisotopic (exact) mass is 423 g/mol. The van der Waals surface area contributed by atoms with Crippen molar-refractivity contribution in [3.8, 4) is 0 Å². The van der Waals surface area contributed by atoms with Crippen molar-refractivity contribution in [3.63, 3.8) is 0 Å². The van der Waals surface area contributed by atoms with Crippen LogP contribution in [-0.2, 0) is 4.74 Å². The summed E-state index contributed by atoms with van der Waals surface area (Å²) >= 11 is 5.89. The van der Waals surface area contributed by atoms with Gasteiger partial charge < -0.3 is 10.1 Å². The summed E-state index contributed by atoms with van der Waals surface area (Å²) in [6.07, 6.45) is 7.34. The highest BCUT2D eigenvalue weighted by atomic mass is 35.5. The molecule has 0 spiro atoms. The first kappa shape index (κ1) is 26.9. The van der Waals surface area contributed by atoms with E-state index in [2.05, 4.69) is 48.7 Å². The molecule has 0 aliphatic rings. The molecule has 0 aliphatic carbocycles. The van der Waals surface area contributed by atoms with E-state index in [0.29, 0.717) is 16.9 Å². The van der Waals surface area contributed by atoms with Gasteiger partial charge in [-0.1, -0.05) is 44.9 Å². The van der Waals surface area contributed by atoms with Crippen molar-refractivity contribution in [3.05, 3.63) is 41.7 Å². The van der Waals surface area contributed by atoms with Crippen LogP contribution >= 0.6 is 11.6 Å². The quantitative estimate of drug-likeness (QED) is 0.333. The second kappa shape index (κ2) is 13.2. The van der Waals surface area contributed by atoms with Crippen LogP contribution in [0.1, 0.15) is 68.2 Å². The maximum Gasteiger partial charge on any atom is 0.230 e. The Hall–Kier alpha value is -2.08. The van der Waals surface area contributed by atoms with Gasteiger partial charge in [-0.15, -0.1) is 0 Å². The van der Waals surface area contributed by atoms with Crippen LogP contribution in [0.5, 0.6) is 0 Å². The maximum absolute atomic E-state index is 5.89. The molecule has 1 heterocycles. The number of nitrogens with one attached hydrogen (secondary N) is 1. The number of ether oxygens (including phenoxy) is 1. The predicted octanol–water partition coefficient (Wildman–Crippen LogP) is 5.96. The van der Waals surface area contributed by atoms with Gasteiger partial charge in [-0.2, -0.15) is 0 Å². The molecule has 1 N–H and O–H groups in total. The van der Waals surface area contributed by atoms with Gasteiger partial charge in [0.15, 0.2) is 5.88 Å². The molecular weight excluding hydrogens is 386 g/mol. The van der Waals surface area contributed by atoms with E-state index in [0.717, 1.165) is 18.0 Å². The number of halogens is 1. The van der Waals surface area contributed by atoms with E-state index < -0.39 is 0 Å². The summed E-state index contributed by atoms with van der Waals surface area (Å²) in [4.78, 5) is 15.1. The average Bonchev–Trinajstić information content (AvgIpc) is 2.59. The van der Waals surface area contributed by atoms with Crippen LogP contribution in [0.15, 0.2) is 41.6 Å². The van der Waals surface area contributed by atoms with E-state index >= 15 is 0 Å². The number of anilines is 1. The fourth-order valence-electron chi connectivity index (χ4n) is 2.27. The van der Waals surface area contributed by atoms with Crippen molar-refractivity contribution in [2.75, 3.05) is 11.9 Å². The number of rotatable bonds is 7. The van der Waals surface area contributed by atoms with Gasteiger partial charge in [0.25, 0.3) is 0 Å². The summed E-state index contributed by atoms with van der Waals surface area (Å²) in [6.45, 7) is 20.2. The number of allylic oxidation sites excluding steroid dienone is 2. The van der Waals surface area contributed by atoms with Crippen molar-refractivity contribution >= 4 is 23.4 Å². The number of likely N-dealkylation sites (N-methyl/N-ethyl adjacent to an activating group) is 1. The van der Waals surface area contributed by atoms with Gasteiger partial charge in [0.2, 0.25) is 5.95 Å². The predicted molar refractivity (Wildman–Crippen MR) is 125 cm³/mol. The lowest BCUT2D eigenvalue weighted by atomic mass is 10.2. The minimum atomic E-state index is -0.329. The fraction of sp³-hybridized carbons (Fsp3) is 0.591. The van der Waals surface area contributed by atoms with E-state index in [1.54, 1.807) is 12.4 Å². The van der Waals surface area contributed by atoms with E-state index in [4.69, 9.17) is 21.3 Å². The Balaban J connectivity index is 0.00000245. The Morgan fingerprint density at radius 2 is 1.83 bits per heavy atom. The van der Waals surface area contributed by atoms with Crippen molar-refractivity contribution < 1.29 is 4.74 Å². The standard InChI is InChI=1S/C19H30ClN5O.C3H8/c1-9-10-13(2)23-17(14(3)24-15(4)26-19(5,6)7)25(8)18-21-11-16(20)12-22-18;1-3-2/h10-12,14,24H,4,9H2,1-3,5-8H3;3H2,1-2H3/b13-10+,23-17?;. The number of hydrogen-bond acceptors (Lipinski definition) is 5. The molecule has 1 atom stereocenters. The summed E-state index contributed by atoms with van der Waals surface area (Å²) in [6, 6.07) is -0.172. The summed E-state index contributed by atoms with van der Waals surface area (Å²) in [5.74, 6) is 1.74. The number of aliphatic imine (C=N–C) groups is 1. The minimum absolute atomic E-state index is 0.172. The summed E-state index contributed by atoms with van der Waals surface area (Å²) in [7, 11) is 1.87. The normalized spacial score (nSPS) is 13.2. The largest absolute Gasteiger partial charge is 0.474 e. The van der Waals surface area contributed by atoms with Crippen molar-refractivity contribution in [1.29, 1.82) is 0 Å². The van der Waals surface area contributed by atoms with Crippen LogP contribution in [0.25, 0.3) is 0 Å². The molecule has 0 saturated carbocycles. The zero-order chi connectivity index (χ0) is 22.6. The highest BCUT2D eigenvalue weighted by Gasteiger charge is 2.21. The van der Waals surface area contributed by atoms with Crippen LogP contribution in [0.2, 0.25) is 5.02 Å². The molecule has 1 rings (SSSR count). The van der Waals surface area contributed by atoms with Crippen molar-refractivity contribution in [2.24, 2.45) is 4.99 Å².